The molecule has 3 aromatic rings. The number of nitrogens with one attached hydrogen (secondary N) is 1. The summed E-state index contributed by atoms with van der Waals surface area (Å²) in [5.41, 5.74) is 0.808. The van der Waals surface area contributed by atoms with Crippen LogP contribution in [0.3, 0.4) is 0 Å². The summed E-state index contributed by atoms with van der Waals surface area (Å²) in [5.74, 6) is -0.300. The molecule has 0 bridgehead atoms. The fourth-order valence-electron chi connectivity index (χ4n) is 4.70. The van der Waals surface area contributed by atoms with Gasteiger partial charge < -0.3 is 15.0 Å². The molecule has 1 atom stereocenters. The second-order valence-corrected chi connectivity index (χ2v) is 8.13. The number of anilines is 2. The fourth-order valence-corrected chi connectivity index (χ4v) is 4.70. The first-order chi connectivity index (χ1) is 16.0. The Balaban J connectivity index is 1.63. The Hall–Kier alpha value is -4.13. The lowest BCUT2D eigenvalue weighted by molar-refractivity contribution is -0.129. The van der Waals surface area contributed by atoms with E-state index in [2.05, 4.69) is 5.32 Å². The van der Waals surface area contributed by atoms with Crippen LogP contribution in [0, 0.1) is 0 Å². The summed E-state index contributed by atoms with van der Waals surface area (Å²) in [6.45, 7) is 0.198. The minimum Gasteiger partial charge on any atom is -0.497 e. The van der Waals surface area contributed by atoms with Crippen molar-refractivity contribution in [3.63, 3.8) is 0 Å². The summed E-state index contributed by atoms with van der Waals surface area (Å²) in [4.78, 5) is 43.8. The molecular weight excluding hydrogens is 418 g/mol. The van der Waals surface area contributed by atoms with Gasteiger partial charge >= 0.3 is 0 Å². The number of carbonyl (C=O) groups excluding carboxylic acids is 3. The SMILES string of the molecule is COc1cccc(NC(=O)C23CCC(=O)N2c2ccccc2C(=O)N3Cc2ccccc2)c1. The Labute approximate surface area is 191 Å². The second-order valence-electron chi connectivity index (χ2n) is 8.13. The van der Waals surface area contributed by atoms with Crippen molar-refractivity contribution in [2.45, 2.75) is 25.0 Å². The zero-order valence-electron chi connectivity index (χ0n) is 18.2. The minimum atomic E-state index is -1.47. The summed E-state index contributed by atoms with van der Waals surface area (Å²) in [6.07, 6.45) is 0.368. The fraction of sp³-hybridized carbons (Fsp3) is 0.192. The van der Waals surface area contributed by atoms with E-state index in [9.17, 15) is 14.4 Å². The van der Waals surface area contributed by atoms with Crippen molar-refractivity contribution in [3.05, 3.63) is 90.0 Å². The van der Waals surface area contributed by atoms with Gasteiger partial charge in [0.05, 0.1) is 18.4 Å². The van der Waals surface area contributed by atoms with Gasteiger partial charge in [0, 0.05) is 31.1 Å². The van der Waals surface area contributed by atoms with Gasteiger partial charge in [-0.05, 0) is 29.8 Å². The Morgan fingerprint density at radius 3 is 2.55 bits per heavy atom. The number of methoxy groups -OCH3 is 1. The lowest BCUT2D eigenvalue weighted by atomic mass is 9.94. The van der Waals surface area contributed by atoms with Crippen LogP contribution in [0.25, 0.3) is 0 Å². The lowest BCUT2D eigenvalue weighted by Crippen LogP contribution is -2.69. The van der Waals surface area contributed by atoms with Crippen LogP contribution >= 0.6 is 0 Å². The molecule has 0 spiro atoms. The number of hydrogen-bond donors (Lipinski definition) is 1. The molecular formula is C26H23N3O4. The van der Waals surface area contributed by atoms with Gasteiger partial charge in [0.25, 0.3) is 11.8 Å². The van der Waals surface area contributed by atoms with Crippen LogP contribution < -0.4 is 15.0 Å². The lowest BCUT2D eigenvalue weighted by Gasteiger charge is -2.49. The van der Waals surface area contributed by atoms with Crippen LogP contribution in [-0.2, 0) is 16.1 Å². The quantitative estimate of drug-likeness (QED) is 0.653. The standard InChI is InChI=1S/C26H23N3O4/c1-33-20-11-7-10-19(16-20)27-25(32)26-15-14-23(30)29(26)22-13-6-5-12-21(22)24(31)28(26)17-18-8-3-2-4-9-18/h2-13,16H,14-15,17H2,1H3,(H,27,32). The molecule has 1 unspecified atom stereocenters. The first-order valence-corrected chi connectivity index (χ1v) is 10.8. The van der Waals surface area contributed by atoms with E-state index in [1.165, 1.54) is 9.80 Å². The van der Waals surface area contributed by atoms with Gasteiger partial charge in [0.15, 0.2) is 0 Å². The molecule has 3 aromatic carbocycles. The van der Waals surface area contributed by atoms with Gasteiger partial charge in [-0.15, -0.1) is 0 Å². The van der Waals surface area contributed by atoms with Gasteiger partial charge in [-0.2, -0.15) is 0 Å². The summed E-state index contributed by atoms with van der Waals surface area (Å²) < 4.78 is 5.27. The molecule has 0 aromatic heterocycles. The number of rotatable bonds is 5. The zero-order valence-corrected chi connectivity index (χ0v) is 18.2. The van der Waals surface area contributed by atoms with Crippen LogP contribution in [0.5, 0.6) is 5.75 Å². The predicted octanol–water partition coefficient (Wildman–Crippen LogP) is 3.81. The van der Waals surface area contributed by atoms with E-state index in [1.54, 1.807) is 55.6 Å². The maximum atomic E-state index is 13.9. The highest BCUT2D eigenvalue weighted by atomic mass is 16.5. The normalized spacial score (nSPS) is 19.2. The molecule has 2 heterocycles. The van der Waals surface area contributed by atoms with Gasteiger partial charge in [0.1, 0.15) is 5.75 Å². The number of para-hydroxylation sites is 1. The third-order valence-corrected chi connectivity index (χ3v) is 6.25. The highest BCUT2D eigenvalue weighted by Gasteiger charge is 2.60. The molecule has 3 amide bonds. The first kappa shape index (κ1) is 20.8. The Bertz CT molecular complexity index is 1240. The minimum absolute atomic E-state index is 0.165. The maximum absolute atomic E-state index is 13.9. The van der Waals surface area contributed by atoms with E-state index < -0.39 is 11.6 Å². The molecule has 2 aliphatic rings. The van der Waals surface area contributed by atoms with E-state index in [1.807, 2.05) is 30.3 Å². The molecule has 33 heavy (non-hydrogen) atoms. The number of carbonyl (C=O) groups is 3. The van der Waals surface area contributed by atoms with Crippen molar-refractivity contribution in [2.75, 3.05) is 17.3 Å². The molecule has 1 fully saturated rings. The zero-order chi connectivity index (χ0) is 23.0. The molecule has 7 nitrogen and oxygen atoms in total. The Kier molecular flexibility index (Phi) is 5.09. The summed E-state index contributed by atoms with van der Waals surface area (Å²) in [6, 6.07) is 23.4. The van der Waals surface area contributed by atoms with Crippen LogP contribution in [0.1, 0.15) is 28.8 Å². The molecule has 0 saturated carbocycles. The van der Waals surface area contributed by atoms with Crippen molar-refractivity contribution >= 4 is 29.1 Å². The summed E-state index contributed by atoms with van der Waals surface area (Å²) in [7, 11) is 1.55. The molecule has 2 aliphatic heterocycles. The number of benzene rings is 3. The number of amides is 3. The summed E-state index contributed by atoms with van der Waals surface area (Å²) in [5, 5.41) is 2.93. The van der Waals surface area contributed by atoms with E-state index in [-0.39, 0.29) is 31.2 Å². The van der Waals surface area contributed by atoms with Crippen molar-refractivity contribution < 1.29 is 19.1 Å². The third-order valence-electron chi connectivity index (χ3n) is 6.25. The van der Waals surface area contributed by atoms with Crippen molar-refractivity contribution in [2.24, 2.45) is 0 Å². The predicted molar refractivity (Wildman–Crippen MR) is 124 cm³/mol. The molecule has 5 rings (SSSR count). The van der Waals surface area contributed by atoms with Gasteiger partial charge in [0.2, 0.25) is 11.6 Å². The van der Waals surface area contributed by atoms with E-state index in [0.717, 1.165) is 5.56 Å². The smallest absolute Gasteiger partial charge is 0.271 e. The van der Waals surface area contributed by atoms with Crippen LogP contribution in [0.4, 0.5) is 11.4 Å². The van der Waals surface area contributed by atoms with E-state index in [4.69, 9.17) is 4.74 Å². The van der Waals surface area contributed by atoms with Crippen LogP contribution in [0.15, 0.2) is 78.9 Å². The van der Waals surface area contributed by atoms with Crippen LogP contribution in [0.2, 0.25) is 0 Å². The molecule has 0 radical (unpaired) electrons. The Morgan fingerprint density at radius 2 is 1.76 bits per heavy atom. The Morgan fingerprint density at radius 1 is 1.00 bits per heavy atom. The van der Waals surface area contributed by atoms with Crippen LogP contribution in [-0.4, -0.2) is 35.4 Å². The van der Waals surface area contributed by atoms with E-state index in [0.29, 0.717) is 22.7 Å². The van der Waals surface area contributed by atoms with Crippen molar-refractivity contribution in [1.82, 2.24) is 4.90 Å². The topological polar surface area (TPSA) is 79.0 Å². The highest BCUT2D eigenvalue weighted by Crippen LogP contribution is 2.45. The number of fused-ring (bicyclic) bond motifs is 3. The molecule has 166 valence electrons. The van der Waals surface area contributed by atoms with Crippen molar-refractivity contribution in [1.29, 1.82) is 0 Å². The molecule has 0 aliphatic carbocycles. The molecule has 1 saturated heterocycles. The highest BCUT2D eigenvalue weighted by molar-refractivity contribution is 6.18. The average Bonchev–Trinajstić information content (AvgIpc) is 3.21. The number of nitrogens with zero attached hydrogens (tertiary/aromatic N) is 2. The largest absolute Gasteiger partial charge is 0.497 e. The number of hydrogen-bond acceptors (Lipinski definition) is 4. The molecule has 1 N–H and O–H groups in total. The second kappa shape index (κ2) is 8.09. The number of ether oxygens (including phenoxy) is 1. The third kappa shape index (κ3) is 3.33. The monoisotopic (exact) mass is 441 g/mol. The van der Waals surface area contributed by atoms with E-state index >= 15 is 0 Å². The van der Waals surface area contributed by atoms with Gasteiger partial charge in [-0.3, -0.25) is 19.3 Å². The average molecular weight is 441 g/mol. The van der Waals surface area contributed by atoms with Gasteiger partial charge in [-0.1, -0.05) is 48.5 Å². The van der Waals surface area contributed by atoms with Crippen molar-refractivity contribution in [3.8, 4) is 5.75 Å². The maximum Gasteiger partial charge on any atom is 0.271 e. The molecule has 7 heteroatoms. The van der Waals surface area contributed by atoms with Gasteiger partial charge in [-0.25, -0.2) is 0 Å². The first-order valence-electron chi connectivity index (χ1n) is 10.8. The summed E-state index contributed by atoms with van der Waals surface area (Å²) >= 11 is 0.